The van der Waals surface area contributed by atoms with Crippen molar-refractivity contribution in [3.05, 3.63) is 204 Å². The molecule has 0 bridgehead atoms. The van der Waals surface area contributed by atoms with Gasteiger partial charge >= 0.3 is 0 Å². The van der Waals surface area contributed by atoms with Crippen molar-refractivity contribution < 1.29 is 8.42 Å². The van der Waals surface area contributed by atoms with Gasteiger partial charge in [-0.2, -0.15) is 0 Å². The lowest BCUT2D eigenvalue weighted by atomic mass is 9.77. The molecule has 0 aliphatic heterocycles. The van der Waals surface area contributed by atoms with Crippen LogP contribution in [-0.2, 0) is 27.9 Å². The number of fused-ring (bicyclic) bond motifs is 1. The van der Waals surface area contributed by atoms with Crippen LogP contribution in [0.15, 0.2) is 175 Å². The van der Waals surface area contributed by atoms with Crippen LogP contribution in [0.25, 0.3) is 22.0 Å². The van der Waals surface area contributed by atoms with E-state index in [0.717, 1.165) is 38.8 Å². The minimum atomic E-state index is -4.09. The fourth-order valence-corrected chi connectivity index (χ4v) is 8.87. The Balaban J connectivity index is 1.44. The van der Waals surface area contributed by atoms with E-state index in [0.29, 0.717) is 22.9 Å². The van der Waals surface area contributed by atoms with Gasteiger partial charge in [0.15, 0.2) is 5.82 Å². The molecule has 0 saturated heterocycles. The molecule has 0 saturated carbocycles. The van der Waals surface area contributed by atoms with Crippen LogP contribution in [0.4, 0.5) is 0 Å². The first-order chi connectivity index (χ1) is 25.0. The molecule has 2 heterocycles. The first-order valence-corrected chi connectivity index (χ1v) is 18.5. The molecule has 6 aromatic carbocycles. The molecule has 0 N–H and O–H groups in total. The predicted molar refractivity (Wildman–Crippen MR) is 201 cm³/mol. The summed E-state index contributed by atoms with van der Waals surface area (Å²) in [5, 5.41) is 14.5. The molecular weight excluding hydrogens is 674 g/mol. The number of rotatable bonds is 10. The molecule has 0 amide bonds. The average molecular weight is 706 g/mol. The number of tetrazole rings is 1. The Bertz CT molecular complexity index is 2440. The third-order valence-corrected chi connectivity index (χ3v) is 11.4. The van der Waals surface area contributed by atoms with Gasteiger partial charge in [0.2, 0.25) is 0 Å². The minimum absolute atomic E-state index is 0.0919. The zero-order valence-corrected chi connectivity index (χ0v) is 29.0. The van der Waals surface area contributed by atoms with Crippen LogP contribution >= 0.6 is 11.6 Å². The summed E-state index contributed by atoms with van der Waals surface area (Å²) in [5.41, 5.74) is 5.55. The molecule has 0 spiro atoms. The zero-order chi connectivity index (χ0) is 34.8. The van der Waals surface area contributed by atoms with Gasteiger partial charge in [-0.1, -0.05) is 152 Å². The number of halogens is 1. The average Bonchev–Trinajstić information content (AvgIpc) is 3.79. The van der Waals surface area contributed by atoms with Crippen molar-refractivity contribution in [1.82, 2.24) is 24.2 Å². The smallest absolute Gasteiger partial charge is 0.237 e. The lowest BCUT2D eigenvalue weighted by molar-refractivity contribution is 0.432. The standard InChI is InChI=1S/C42H32ClN5O2S/c43-30-31-25-27-32(28-26-31)41-37-23-13-14-24-38(37)47(51(49,50)36-21-11-4-12-22-36)39(41)29-40-44-45-46-48(40)42(33-15-5-1-6-16-33,34-17-7-2-8-18-34)35-19-9-3-10-20-35/h1-28H,29-30H2. The van der Waals surface area contributed by atoms with E-state index in [4.69, 9.17) is 16.8 Å². The summed E-state index contributed by atoms with van der Waals surface area (Å²) in [6, 6.07) is 54.5. The van der Waals surface area contributed by atoms with E-state index in [-0.39, 0.29) is 11.3 Å². The van der Waals surface area contributed by atoms with Crippen molar-refractivity contribution in [1.29, 1.82) is 0 Å². The first kappa shape index (κ1) is 32.4. The second-order valence-electron chi connectivity index (χ2n) is 12.2. The molecule has 9 heteroatoms. The topological polar surface area (TPSA) is 82.7 Å². The van der Waals surface area contributed by atoms with Gasteiger partial charge in [0.25, 0.3) is 10.0 Å². The molecule has 2 aromatic heterocycles. The summed E-state index contributed by atoms with van der Waals surface area (Å²) in [4.78, 5) is 0.183. The summed E-state index contributed by atoms with van der Waals surface area (Å²) in [6.07, 6.45) is 0.0919. The molecule has 0 aliphatic carbocycles. The third-order valence-electron chi connectivity index (χ3n) is 9.36. The minimum Gasteiger partial charge on any atom is -0.237 e. The maximum atomic E-state index is 14.8. The molecular formula is C42H32ClN5O2S. The van der Waals surface area contributed by atoms with E-state index in [1.807, 2.05) is 114 Å². The maximum absolute atomic E-state index is 14.8. The SMILES string of the molecule is O=S(=O)(c1ccccc1)n1c(Cc2nnnn2C(c2ccccc2)(c2ccccc2)c2ccccc2)c(-c2ccc(CCl)cc2)c2ccccc21. The number of aromatic nitrogens is 5. The van der Waals surface area contributed by atoms with Gasteiger partial charge in [0.05, 0.1) is 22.5 Å². The highest BCUT2D eigenvalue weighted by Crippen LogP contribution is 2.43. The van der Waals surface area contributed by atoms with Crippen molar-refractivity contribution in [3.8, 4) is 11.1 Å². The van der Waals surface area contributed by atoms with Gasteiger partial charge in [0.1, 0.15) is 5.54 Å². The highest BCUT2D eigenvalue weighted by molar-refractivity contribution is 7.90. The maximum Gasteiger partial charge on any atom is 0.268 e. The monoisotopic (exact) mass is 705 g/mol. The van der Waals surface area contributed by atoms with Crippen LogP contribution in [0, 0.1) is 0 Å². The lowest BCUT2D eigenvalue weighted by Gasteiger charge is -2.36. The van der Waals surface area contributed by atoms with Crippen LogP contribution < -0.4 is 0 Å². The molecule has 0 fully saturated rings. The van der Waals surface area contributed by atoms with Crippen molar-refractivity contribution >= 4 is 32.5 Å². The summed E-state index contributed by atoms with van der Waals surface area (Å²) < 4.78 is 32.9. The lowest BCUT2D eigenvalue weighted by Crippen LogP contribution is -2.40. The Morgan fingerprint density at radius 3 is 1.67 bits per heavy atom. The van der Waals surface area contributed by atoms with E-state index in [1.54, 1.807) is 24.3 Å². The van der Waals surface area contributed by atoms with Crippen LogP contribution in [0.2, 0.25) is 0 Å². The van der Waals surface area contributed by atoms with E-state index >= 15 is 0 Å². The molecule has 0 atom stereocenters. The molecule has 0 aliphatic rings. The van der Waals surface area contributed by atoms with E-state index in [2.05, 4.69) is 46.7 Å². The molecule has 8 aromatic rings. The number of benzene rings is 6. The normalized spacial score (nSPS) is 11.9. The van der Waals surface area contributed by atoms with Gasteiger partial charge in [-0.15, -0.1) is 16.7 Å². The van der Waals surface area contributed by atoms with Gasteiger partial charge in [-0.3, -0.25) is 0 Å². The third kappa shape index (κ3) is 5.53. The second-order valence-corrected chi connectivity index (χ2v) is 14.3. The van der Waals surface area contributed by atoms with Gasteiger partial charge < -0.3 is 0 Å². The Morgan fingerprint density at radius 1 is 0.608 bits per heavy atom. The second kappa shape index (κ2) is 13.5. The predicted octanol–water partition coefficient (Wildman–Crippen LogP) is 8.70. The van der Waals surface area contributed by atoms with Gasteiger partial charge in [-0.05, 0) is 56.4 Å². The summed E-state index contributed by atoms with van der Waals surface area (Å²) >= 11 is 6.18. The molecule has 7 nitrogen and oxygen atoms in total. The molecule has 250 valence electrons. The van der Waals surface area contributed by atoms with Crippen molar-refractivity contribution in [2.45, 2.75) is 22.7 Å². The molecule has 51 heavy (non-hydrogen) atoms. The van der Waals surface area contributed by atoms with Crippen LogP contribution in [0.3, 0.4) is 0 Å². The zero-order valence-electron chi connectivity index (χ0n) is 27.4. The molecule has 8 rings (SSSR count). The highest BCUT2D eigenvalue weighted by atomic mass is 35.5. The van der Waals surface area contributed by atoms with Crippen molar-refractivity contribution in [3.63, 3.8) is 0 Å². The van der Waals surface area contributed by atoms with Crippen molar-refractivity contribution in [2.75, 3.05) is 0 Å². The summed E-state index contributed by atoms with van der Waals surface area (Å²) in [6.45, 7) is 0. The van der Waals surface area contributed by atoms with E-state index < -0.39 is 15.6 Å². The fourth-order valence-electron chi connectivity index (χ4n) is 7.11. The number of para-hydroxylation sites is 1. The van der Waals surface area contributed by atoms with Crippen LogP contribution in [0.5, 0.6) is 0 Å². The van der Waals surface area contributed by atoms with Gasteiger partial charge in [0, 0.05) is 16.8 Å². The Morgan fingerprint density at radius 2 is 1.12 bits per heavy atom. The number of nitrogens with zero attached hydrogens (tertiary/aromatic N) is 5. The molecule has 0 unspecified atom stereocenters. The molecule has 0 radical (unpaired) electrons. The fraction of sp³-hybridized carbons (Fsp3) is 0.0714. The quantitative estimate of drug-likeness (QED) is 0.105. The number of hydrogen-bond acceptors (Lipinski definition) is 5. The van der Waals surface area contributed by atoms with Crippen molar-refractivity contribution in [2.24, 2.45) is 0 Å². The first-order valence-electron chi connectivity index (χ1n) is 16.6. The number of alkyl halides is 1. The Kier molecular flexibility index (Phi) is 8.55. The Hall–Kier alpha value is -5.83. The van der Waals surface area contributed by atoms with Gasteiger partial charge in [-0.25, -0.2) is 17.1 Å². The summed E-state index contributed by atoms with van der Waals surface area (Å²) in [7, 11) is -4.09. The van der Waals surface area contributed by atoms with E-state index in [9.17, 15) is 8.42 Å². The highest BCUT2D eigenvalue weighted by Gasteiger charge is 2.42. The Labute approximate surface area is 301 Å². The summed E-state index contributed by atoms with van der Waals surface area (Å²) in [5.74, 6) is 0.851. The van der Waals surface area contributed by atoms with Crippen LogP contribution in [-0.4, -0.2) is 32.6 Å². The number of hydrogen-bond donors (Lipinski definition) is 0. The largest absolute Gasteiger partial charge is 0.268 e. The van der Waals surface area contributed by atoms with E-state index in [1.165, 1.54) is 3.97 Å². The van der Waals surface area contributed by atoms with Crippen LogP contribution in [0.1, 0.15) is 33.8 Å².